The zero-order chi connectivity index (χ0) is 20.6. The molecule has 0 aromatic heterocycles. The summed E-state index contributed by atoms with van der Waals surface area (Å²) in [6.07, 6.45) is -2.27. The van der Waals surface area contributed by atoms with E-state index in [0.29, 0.717) is 11.6 Å². The van der Waals surface area contributed by atoms with Gasteiger partial charge >= 0.3 is 6.18 Å². The highest BCUT2D eigenvalue weighted by Gasteiger charge is 2.31. The van der Waals surface area contributed by atoms with Gasteiger partial charge in [0.05, 0.1) is 5.56 Å². The number of piperazine rings is 1. The Morgan fingerprint density at radius 1 is 1.11 bits per heavy atom. The van der Waals surface area contributed by atoms with Gasteiger partial charge in [-0.1, -0.05) is 6.07 Å². The second-order valence-corrected chi connectivity index (χ2v) is 7.00. The molecule has 0 aliphatic carbocycles. The number of nitrogens with zero attached hydrogens (tertiary/aromatic N) is 4. The quantitative estimate of drug-likeness (QED) is 0.414. The maximum absolute atomic E-state index is 12.9. The molecule has 1 saturated heterocycles. The molecule has 0 saturated carbocycles. The fourth-order valence-electron chi connectivity index (χ4n) is 3.40. The molecule has 158 valence electrons. The molecule has 1 aromatic carbocycles. The van der Waals surface area contributed by atoms with Crippen molar-refractivity contribution in [3.63, 3.8) is 0 Å². The van der Waals surface area contributed by atoms with Crippen LogP contribution in [0, 0.1) is 0 Å². The van der Waals surface area contributed by atoms with E-state index in [2.05, 4.69) is 23.7 Å². The third-order valence-electron chi connectivity index (χ3n) is 5.15. The van der Waals surface area contributed by atoms with Crippen LogP contribution in [-0.2, 0) is 6.18 Å². The number of hydrogen-bond donors (Lipinski definition) is 1. The van der Waals surface area contributed by atoms with Crippen LogP contribution < -0.4 is 10.6 Å². The van der Waals surface area contributed by atoms with Crippen LogP contribution in [0.5, 0.6) is 0 Å². The molecule has 0 atom stereocenters. The zero-order valence-corrected chi connectivity index (χ0v) is 16.9. The Hall–Kier alpha value is -1.96. The summed E-state index contributed by atoms with van der Waals surface area (Å²) < 4.78 is 38.7. The Morgan fingerprint density at radius 2 is 1.79 bits per heavy atom. The third kappa shape index (κ3) is 6.58. The molecule has 0 unspecified atom stereocenters. The number of unbranched alkanes of at least 4 members (excludes halogenated alkanes) is 1. The molecule has 1 aliphatic rings. The number of guanidine groups is 1. The highest BCUT2D eigenvalue weighted by atomic mass is 19.4. The average molecular weight is 400 g/mol. The smallest absolute Gasteiger partial charge is 0.370 e. The SMILES string of the molecule is CCN(CC)C(N)=NCCCCN1CCN(c2cccc(C(F)(F)F)c2)CC1. The average Bonchev–Trinajstić information content (AvgIpc) is 2.68. The highest BCUT2D eigenvalue weighted by Crippen LogP contribution is 2.31. The van der Waals surface area contributed by atoms with Gasteiger partial charge in [-0.2, -0.15) is 13.2 Å². The second-order valence-electron chi connectivity index (χ2n) is 7.00. The maximum Gasteiger partial charge on any atom is 0.416 e. The van der Waals surface area contributed by atoms with Gasteiger partial charge in [0.2, 0.25) is 0 Å². The standard InChI is InChI=1S/C20H32F3N5/c1-3-27(4-2)19(24)25-10-5-6-11-26-12-14-28(15-13-26)18-9-7-8-17(16-18)20(21,22)23/h7-9,16H,3-6,10-15H2,1-2H3,(H2,24,25). The van der Waals surface area contributed by atoms with Crippen LogP contribution in [0.2, 0.25) is 0 Å². The van der Waals surface area contributed by atoms with Crippen LogP contribution in [0.4, 0.5) is 18.9 Å². The van der Waals surface area contributed by atoms with Crippen molar-refractivity contribution >= 4 is 11.6 Å². The van der Waals surface area contributed by atoms with Crippen molar-refractivity contribution < 1.29 is 13.2 Å². The van der Waals surface area contributed by atoms with Crippen molar-refractivity contribution in [2.24, 2.45) is 10.7 Å². The molecule has 1 aliphatic heterocycles. The lowest BCUT2D eigenvalue weighted by molar-refractivity contribution is -0.137. The topological polar surface area (TPSA) is 48.1 Å². The molecule has 5 nitrogen and oxygen atoms in total. The van der Waals surface area contributed by atoms with E-state index in [1.165, 1.54) is 12.1 Å². The molecular formula is C20H32F3N5. The monoisotopic (exact) mass is 399 g/mol. The van der Waals surface area contributed by atoms with Gasteiger partial charge in [-0.25, -0.2) is 0 Å². The van der Waals surface area contributed by atoms with Crippen LogP contribution in [0.1, 0.15) is 32.3 Å². The number of aliphatic imine (C=N–C) groups is 1. The van der Waals surface area contributed by atoms with Crippen LogP contribution >= 0.6 is 0 Å². The van der Waals surface area contributed by atoms with Gasteiger partial charge < -0.3 is 15.5 Å². The summed E-state index contributed by atoms with van der Waals surface area (Å²) in [7, 11) is 0. The second kappa shape index (κ2) is 10.5. The van der Waals surface area contributed by atoms with E-state index in [4.69, 9.17) is 5.73 Å². The third-order valence-corrected chi connectivity index (χ3v) is 5.15. The lowest BCUT2D eigenvalue weighted by Gasteiger charge is -2.36. The van der Waals surface area contributed by atoms with E-state index in [0.717, 1.165) is 71.3 Å². The summed E-state index contributed by atoms with van der Waals surface area (Å²) >= 11 is 0. The highest BCUT2D eigenvalue weighted by molar-refractivity contribution is 5.77. The Kier molecular flexibility index (Phi) is 8.41. The van der Waals surface area contributed by atoms with Crippen LogP contribution in [-0.4, -0.2) is 68.1 Å². The fraction of sp³-hybridized carbons (Fsp3) is 0.650. The van der Waals surface area contributed by atoms with Crippen molar-refractivity contribution in [1.29, 1.82) is 0 Å². The molecule has 0 amide bonds. The number of alkyl halides is 3. The minimum atomic E-state index is -4.30. The van der Waals surface area contributed by atoms with E-state index in [-0.39, 0.29) is 0 Å². The van der Waals surface area contributed by atoms with Gasteiger partial charge in [-0.3, -0.25) is 9.89 Å². The minimum absolute atomic E-state index is 0.586. The first-order chi connectivity index (χ1) is 13.3. The number of halogens is 3. The van der Waals surface area contributed by atoms with E-state index in [1.807, 2.05) is 9.80 Å². The van der Waals surface area contributed by atoms with Crippen molar-refractivity contribution in [2.75, 3.05) is 57.3 Å². The summed E-state index contributed by atoms with van der Waals surface area (Å²) in [5.41, 5.74) is 6.02. The molecule has 1 aromatic rings. The van der Waals surface area contributed by atoms with Gasteiger partial charge in [0.1, 0.15) is 0 Å². The first kappa shape index (κ1) is 22.3. The van der Waals surface area contributed by atoms with Gasteiger partial charge in [0, 0.05) is 51.5 Å². The van der Waals surface area contributed by atoms with Gasteiger partial charge in [0.15, 0.2) is 5.96 Å². The molecular weight excluding hydrogens is 367 g/mol. The number of rotatable bonds is 8. The van der Waals surface area contributed by atoms with Gasteiger partial charge in [-0.05, 0) is 51.4 Å². The molecule has 2 rings (SSSR count). The van der Waals surface area contributed by atoms with Crippen LogP contribution in [0.15, 0.2) is 29.3 Å². The fourth-order valence-corrected chi connectivity index (χ4v) is 3.40. The summed E-state index contributed by atoms with van der Waals surface area (Å²) in [4.78, 5) is 10.9. The first-order valence-electron chi connectivity index (χ1n) is 10.0. The van der Waals surface area contributed by atoms with Crippen molar-refractivity contribution in [3.8, 4) is 0 Å². The molecule has 0 radical (unpaired) electrons. The summed E-state index contributed by atoms with van der Waals surface area (Å²) in [6.45, 7) is 10.8. The number of hydrogen-bond acceptors (Lipinski definition) is 3. The maximum atomic E-state index is 12.9. The van der Waals surface area contributed by atoms with E-state index >= 15 is 0 Å². The number of nitrogens with two attached hydrogens (primary N) is 1. The lowest BCUT2D eigenvalue weighted by atomic mass is 10.1. The van der Waals surface area contributed by atoms with Crippen molar-refractivity contribution in [2.45, 2.75) is 32.9 Å². The van der Waals surface area contributed by atoms with Gasteiger partial charge in [0.25, 0.3) is 0 Å². The molecule has 28 heavy (non-hydrogen) atoms. The molecule has 1 heterocycles. The van der Waals surface area contributed by atoms with Crippen LogP contribution in [0.25, 0.3) is 0 Å². The van der Waals surface area contributed by atoms with E-state index in [9.17, 15) is 13.2 Å². The summed E-state index contributed by atoms with van der Waals surface area (Å²) in [5, 5.41) is 0. The summed E-state index contributed by atoms with van der Waals surface area (Å²) in [6, 6.07) is 5.60. The Labute approximate surface area is 166 Å². The number of benzene rings is 1. The molecule has 0 spiro atoms. The number of anilines is 1. The Balaban J connectivity index is 1.71. The molecule has 0 bridgehead atoms. The van der Waals surface area contributed by atoms with Gasteiger partial charge in [-0.15, -0.1) is 0 Å². The Morgan fingerprint density at radius 3 is 2.39 bits per heavy atom. The van der Waals surface area contributed by atoms with Crippen LogP contribution in [0.3, 0.4) is 0 Å². The van der Waals surface area contributed by atoms with E-state index < -0.39 is 11.7 Å². The predicted octanol–water partition coefficient (Wildman–Crippen LogP) is 3.26. The molecule has 2 N–H and O–H groups in total. The first-order valence-corrected chi connectivity index (χ1v) is 10.0. The molecule has 1 fully saturated rings. The summed E-state index contributed by atoms with van der Waals surface area (Å²) in [5.74, 6) is 0.611. The normalized spacial score (nSPS) is 16.5. The zero-order valence-electron chi connectivity index (χ0n) is 16.9. The molecule has 8 heteroatoms. The predicted molar refractivity (Wildman–Crippen MR) is 109 cm³/mol. The lowest BCUT2D eigenvalue weighted by Crippen LogP contribution is -2.46. The Bertz CT molecular complexity index is 621. The van der Waals surface area contributed by atoms with Crippen molar-refractivity contribution in [3.05, 3.63) is 29.8 Å². The van der Waals surface area contributed by atoms with Crippen molar-refractivity contribution in [1.82, 2.24) is 9.80 Å². The largest absolute Gasteiger partial charge is 0.416 e. The van der Waals surface area contributed by atoms with E-state index in [1.54, 1.807) is 6.07 Å². The minimum Gasteiger partial charge on any atom is -0.370 e.